The Morgan fingerprint density at radius 1 is 1.38 bits per heavy atom. The van der Waals surface area contributed by atoms with E-state index in [-0.39, 0.29) is 19.3 Å². The van der Waals surface area contributed by atoms with E-state index in [1.165, 1.54) is 6.07 Å². The predicted octanol–water partition coefficient (Wildman–Crippen LogP) is 1.97. The van der Waals surface area contributed by atoms with Crippen LogP contribution in [0.3, 0.4) is 0 Å². The Kier molecular flexibility index (Phi) is 5.52. The molecule has 0 unspecified atom stereocenters. The fourth-order valence-electron chi connectivity index (χ4n) is 3.57. The second kappa shape index (κ2) is 8.39. The van der Waals surface area contributed by atoms with Crippen molar-refractivity contribution in [2.45, 2.75) is 25.8 Å². The maximum atomic E-state index is 14.0. The fraction of sp³-hybridized carbons (Fsp3) is 0.368. The summed E-state index contributed by atoms with van der Waals surface area (Å²) in [6.07, 6.45) is 6.98. The molecule has 4 rings (SSSR count). The zero-order chi connectivity index (χ0) is 20.2. The zero-order valence-corrected chi connectivity index (χ0v) is 15.9. The van der Waals surface area contributed by atoms with Gasteiger partial charge in [-0.3, -0.25) is 9.63 Å². The van der Waals surface area contributed by atoms with Crippen LogP contribution in [0.4, 0.5) is 10.2 Å². The quantitative estimate of drug-likeness (QED) is 0.351. The lowest BCUT2D eigenvalue weighted by molar-refractivity contribution is -0.121. The number of carbonyl (C=O) groups is 1. The van der Waals surface area contributed by atoms with Crippen LogP contribution in [0, 0.1) is 12.7 Å². The van der Waals surface area contributed by atoms with Gasteiger partial charge in [-0.05, 0) is 31.9 Å². The highest BCUT2D eigenvalue weighted by atomic mass is 19.1. The van der Waals surface area contributed by atoms with Crippen molar-refractivity contribution in [2.75, 3.05) is 24.7 Å². The molecule has 0 saturated carbocycles. The van der Waals surface area contributed by atoms with E-state index < -0.39 is 5.82 Å². The van der Waals surface area contributed by atoms with Crippen LogP contribution in [0.25, 0.3) is 5.65 Å². The second-order valence-electron chi connectivity index (χ2n) is 6.71. The minimum atomic E-state index is -0.423. The summed E-state index contributed by atoms with van der Waals surface area (Å²) in [6.45, 7) is 3.07. The van der Waals surface area contributed by atoms with Crippen LogP contribution in [0.15, 0.2) is 30.7 Å². The summed E-state index contributed by atoms with van der Waals surface area (Å²) in [4.78, 5) is 26.1. The zero-order valence-electron chi connectivity index (χ0n) is 15.9. The normalized spacial score (nSPS) is 16.3. The van der Waals surface area contributed by atoms with Crippen LogP contribution in [0.1, 0.15) is 30.0 Å². The van der Waals surface area contributed by atoms with Crippen molar-refractivity contribution < 1.29 is 18.8 Å². The van der Waals surface area contributed by atoms with E-state index in [1.54, 1.807) is 10.7 Å². The molecular weight excluding hydrogens is 379 g/mol. The van der Waals surface area contributed by atoms with Crippen LogP contribution in [-0.2, 0) is 9.63 Å². The SMILES string of the molecule is Cc1cnn2ccc(N3CCC[C@@H]3c3cc(F)cnc3OCCONC=O)nc12. The molecule has 0 radical (unpaired) electrons. The Balaban J connectivity index is 1.59. The minimum Gasteiger partial charge on any atom is -0.475 e. The minimum absolute atomic E-state index is 0.111. The van der Waals surface area contributed by atoms with Crippen LogP contribution in [0.2, 0.25) is 0 Å². The van der Waals surface area contributed by atoms with Gasteiger partial charge in [0.2, 0.25) is 12.3 Å². The first kappa shape index (κ1) is 19.1. The van der Waals surface area contributed by atoms with Gasteiger partial charge in [0.15, 0.2) is 5.65 Å². The van der Waals surface area contributed by atoms with E-state index in [2.05, 4.69) is 20.5 Å². The van der Waals surface area contributed by atoms with Crippen molar-refractivity contribution in [3.63, 3.8) is 0 Å². The number of aryl methyl sites for hydroxylation is 1. The van der Waals surface area contributed by atoms with Crippen molar-refractivity contribution in [1.29, 1.82) is 0 Å². The third-order valence-electron chi connectivity index (χ3n) is 4.84. The van der Waals surface area contributed by atoms with Crippen LogP contribution in [0.5, 0.6) is 5.88 Å². The number of fused-ring (bicyclic) bond motifs is 1. The van der Waals surface area contributed by atoms with Gasteiger partial charge in [-0.1, -0.05) is 0 Å². The Morgan fingerprint density at radius 2 is 2.28 bits per heavy atom. The summed E-state index contributed by atoms with van der Waals surface area (Å²) in [5, 5.41) is 4.26. The average molecular weight is 400 g/mol. The first-order valence-electron chi connectivity index (χ1n) is 9.34. The van der Waals surface area contributed by atoms with Gasteiger partial charge in [0.1, 0.15) is 24.8 Å². The van der Waals surface area contributed by atoms with Crippen LogP contribution < -0.4 is 15.1 Å². The van der Waals surface area contributed by atoms with Crippen LogP contribution in [-0.4, -0.2) is 45.8 Å². The Bertz CT molecular complexity index is 1010. The fourth-order valence-corrected chi connectivity index (χ4v) is 3.57. The monoisotopic (exact) mass is 400 g/mol. The predicted molar refractivity (Wildman–Crippen MR) is 102 cm³/mol. The van der Waals surface area contributed by atoms with E-state index in [1.807, 2.05) is 19.2 Å². The van der Waals surface area contributed by atoms with Gasteiger partial charge in [0.05, 0.1) is 18.4 Å². The molecule has 3 aromatic heterocycles. The third-order valence-corrected chi connectivity index (χ3v) is 4.84. The number of nitrogens with one attached hydrogen (secondary N) is 1. The Morgan fingerprint density at radius 3 is 3.14 bits per heavy atom. The summed E-state index contributed by atoms with van der Waals surface area (Å²) in [5.74, 6) is 0.727. The highest BCUT2D eigenvalue weighted by Gasteiger charge is 2.31. The summed E-state index contributed by atoms with van der Waals surface area (Å²) in [7, 11) is 0. The number of anilines is 1. The van der Waals surface area contributed by atoms with Crippen molar-refractivity contribution in [2.24, 2.45) is 0 Å². The molecule has 1 N–H and O–H groups in total. The molecule has 1 saturated heterocycles. The molecule has 4 heterocycles. The first-order chi connectivity index (χ1) is 14.2. The maximum Gasteiger partial charge on any atom is 0.230 e. The average Bonchev–Trinajstić information content (AvgIpc) is 3.36. The van der Waals surface area contributed by atoms with E-state index in [4.69, 9.17) is 14.6 Å². The molecular formula is C19H21FN6O3. The van der Waals surface area contributed by atoms with Gasteiger partial charge in [-0.15, -0.1) is 0 Å². The lowest BCUT2D eigenvalue weighted by Gasteiger charge is -2.27. The Labute approximate surface area is 166 Å². The maximum absolute atomic E-state index is 14.0. The number of ether oxygens (including phenoxy) is 1. The summed E-state index contributed by atoms with van der Waals surface area (Å²) >= 11 is 0. The molecule has 0 aliphatic carbocycles. The third kappa shape index (κ3) is 3.97. The van der Waals surface area contributed by atoms with E-state index in [0.29, 0.717) is 17.9 Å². The van der Waals surface area contributed by atoms with Crippen LogP contribution >= 0.6 is 0 Å². The van der Waals surface area contributed by atoms with E-state index in [9.17, 15) is 9.18 Å². The lowest BCUT2D eigenvalue weighted by atomic mass is 10.1. The highest BCUT2D eigenvalue weighted by molar-refractivity contribution is 5.54. The number of amides is 1. The highest BCUT2D eigenvalue weighted by Crippen LogP contribution is 2.39. The Hall–Kier alpha value is -3.27. The van der Waals surface area contributed by atoms with Crippen molar-refractivity contribution in [3.8, 4) is 5.88 Å². The number of hydrogen-bond acceptors (Lipinski definition) is 7. The molecule has 1 aliphatic heterocycles. The number of nitrogens with zero attached hydrogens (tertiary/aromatic N) is 5. The smallest absolute Gasteiger partial charge is 0.230 e. The lowest BCUT2D eigenvalue weighted by Crippen LogP contribution is -2.25. The molecule has 0 bridgehead atoms. The van der Waals surface area contributed by atoms with E-state index >= 15 is 0 Å². The van der Waals surface area contributed by atoms with Gasteiger partial charge in [-0.25, -0.2) is 24.4 Å². The number of aromatic nitrogens is 4. The van der Waals surface area contributed by atoms with Gasteiger partial charge < -0.3 is 9.64 Å². The molecule has 1 amide bonds. The van der Waals surface area contributed by atoms with Crippen molar-refractivity contribution in [3.05, 3.63) is 47.7 Å². The largest absolute Gasteiger partial charge is 0.475 e. The molecule has 3 aromatic rings. The van der Waals surface area contributed by atoms with E-state index in [0.717, 1.165) is 42.6 Å². The van der Waals surface area contributed by atoms with Crippen molar-refractivity contribution >= 4 is 17.9 Å². The molecule has 1 aliphatic rings. The number of carbonyl (C=O) groups excluding carboxylic acids is 1. The number of pyridine rings is 1. The topological polar surface area (TPSA) is 93.9 Å². The second-order valence-corrected chi connectivity index (χ2v) is 6.71. The number of hydrogen-bond donors (Lipinski definition) is 1. The number of rotatable bonds is 8. The number of hydroxylamine groups is 1. The molecule has 1 fully saturated rings. The summed E-state index contributed by atoms with van der Waals surface area (Å²) in [5.41, 5.74) is 4.54. The number of halogens is 1. The molecule has 9 nitrogen and oxygen atoms in total. The standard InChI is InChI=1S/C19H21FN6O3/c1-13-10-22-26-6-4-17(24-18(13)26)25-5-2-3-16(25)15-9-14(20)11-21-19(15)28-7-8-29-23-12-27/h4,6,9-12,16H,2-3,5,7-8H2,1H3,(H,23,27)/t16-/m1/s1. The molecule has 1 atom stereocenters. The molecule has 0 spiro atoms. The molecule has 0 aromatic carbocycles. The van der Waals surface area contributed by atoms with Gasteiger partial charge >= 0.3 is 0 Å². The summed E-state index contributed by atoms with van der Waals surface area (Å²) in [6, 6.07) is 3.25. The van der Waals surface area contributed by atoms with Gasteiger partial charge in [-0.2, -0.15) is 5.10 Å². The van der Waals surface area contributed by atoms with Gasteiger partial charge in [0, 0.05) is 23.9 Å². The van der Waals surface area contributed by atoms with Gasteiger partial charge in [0.25, 0.3) is 0 Å². The molecule has 29 heavy (non-hydrogen) atoms. The molecule has 152 valence electrons. The van der Waals surface area contributed by atoms with Crippen molar-refractivity contribution in [1.82, 2.24) is 25.1 Å². The summed E-state index contributed by atoms with van der Waals surface area (Å²) < 4.78 is 21.4. The first-order valence-corrected chi connectivity index (χ1v) is 9.34. The molecule has 10 heteroatoms.